The van der Waals surface area contributed by atoms with Gasteiger partial charge in [0.2, 0.25) is 0 Å². The Morgan fingerprint density at radius 2 is 2.04 bits per heavy atom. The maximum Gasteiger partial charge on any atom is 0.316 e. The Bertz CT molecular complexity index is 544. The summed E-state index contributed by atoms with van der Waals surface area (Å²) in [6, 6.07) is 0. The van der Waals surface area contributed by atoms with Gasteiger partial charge in [-0.05, 0) is 30.4 Å². The van der Waals surface area contributed by atoms with Gasteiger partial charge in [-0.3, -0.25) is 9.79 Å². The van der Waals surface area contributed by atoms with Crippen LogP contribution in [0, 0.1) is 11.8 Å². The molecule has 3 aliphatic heterocycles. The fourth-order valence-electron chi connectivity index (χ4n) is 3.83. The Morgan fingerprint density at radius 3 is 2.72 bits per heavy atom. The monoisotopic (exact) mass is 346 g/mol. The molecule has 3 heterocycles. The van der Waals surface area contributed by atoms with Gasteiger partial charge < -0.3 is 19.9 Å². The lowest BCUT2D eigenvalue weighted by Crippen LogP contribution is -2.47. The number of carbonyl (C=O) groups excluding carboxylic acids is 1. The Hall–Kier alpha value is -1.66. The summed E-state index contributed by atoms with van der Waals surface area (Å²) in [5, 5.41) is 3.41. The number of piperidine rings is 1. The smallest absolute Gasteiger partial charge is 0.316 e. The molecule has 2 saturated heterocycles. The zero-order chi connectivity index (χ0) is 17.6. The lowest BCUT2D eigenvalue weighted by atomic mass is 9.95. The van der Waals surface area contributed by atoms with E-state index in [2.05, 4.69) is 26.7 Å². The number of hydrogen-bond acceptors (Lipinski definition) is 6. The number of nitrogens with one attached hydrogen (secondary N) is 1. The fraction of sp³-hybridized carbons (Fsp3) is 0.684. The predicted octanol–water partition coefficient (Wildman–Crippen LogP) is 0.917. The lowest BCUT2D eigenvalue weighted by molar-refractivity contribution is -0.142. The largest absolute Gasteiger partial charge is 0.468 e. The van der Waals surface area contributed by atoms with Crippen LogP contribution in [-0.2, 0) is 9.53 Å². The van der Waals surface area contributed by atoms with Crippen molar-refractivity contribution >= 4 is 11.8 Å². The van der Waals surface area contributed by atoms with Crippen LogP contribution in [0.2, 0.25) is 0 Å². The number of likely N-dealkylation sites (tertiary alicyclic amines) is 1. The SMILES string of the molecule is C=C1CN=C(N2CCC(CN3CCNCC3)CC2)C=CC1C(=O)OC. The molecular weight excluding hydrogens is 316 g/mol. The minimum absolute atomic E-state index is 0.257. The minimum Gasteiger partial charge on any atom is -0.468 e. The van der Waals surface area contributed by atoms with E-state index in [4.69, 9.17) is 4.74 Å². The van der Waals surface area contributed by atoms with E-state index in [0.29, 0.717) is 6.54 Å². The summed E-state index contributed by atoms with van der Waals surface area (Å²) in [7, 11) is 1.42. The van der Waals surface area contributed by atoms with Gasteiger partial charge in [0.15, 0.2) is 0 Å². The first-order valence-corrected chi connectivity index (χ1v) is 9.33. The number of amidine groups is 1. The molecule has 3 aliphatic rings. The van der Waals surface area contributed by atoms with Gasteiger partial charge in [-0.25, -0.2) is 0 Å². The summed E-state index contributed by atoms with van der Waals surface area (Å²) < 4.78 is 4.86. The van der Waals surface area contributed by atoms with Gasteiger partial charge in [0.05, 0.1) is 19.6 Å². The zero-order valence-corrected chi connectivity index (χ0v) is 15.2. The van der Waals surface area contributed by atoms with Crippen LogP contribution >= 0.6 is 0 Å². The Labute approximate surface area is 150 Å². The summed E-state index contributed by atoms with van der Waals surface area (Å²) in [4.78, 5) is 21.4. The molecule has 1 unspecified atom stereocenters. The number of piperazine rings is 1. The summed E-state index contributed by atoms with van der Waals surface area (Å²) in [5.74, 6) is 1.12. The molecule has 2 fully saturated rings. The van der Waals surface area contributed by atoms with Gasteiger partial charge in [-0.2, -0.15) is 0 Å². The highest BCUT2D eigenvalue weighted by Crippen LogP contribution is 2.22. The van der Waals surface area contributed by atoms with Crippen molar-refractivity contribution in [2.45, 2.75) is 12.8 Å². The number of carbonyl (C=O) groups is 1. The van der Waals surface area contributed by atoms with Crippen molar-refractivity contribution in [3.63, 3.8) is 0 Å². The Kier molecular flexibility index (Phi) is 6.26. The van der Waals surface area contributed by atoms with Gasteiger partial charge in [0.25, 0.3) is 0 Å². The van der Waals surface area contributed by atoms with Crippen LogP contribution in [0.3, 0.4) is 0 Å². The van der Waals surface area contributed by atoms with Gasteiger partial charge in [0, 0.05) is 45.8 Å². The number of ether oxygens (including phenoxy) is 1. The molecule has 0 saturated carbocycles. The molecular formula is C19H30N4O2. The van der Waals surface area contributed by atoms with Gasteiger partial charge in [-0.15, -0.1) is 0 Å². The van der Waals surface area contributed by atoms with Crippen molar-refractivity contribution in [1.29, 1.82) is 0 Å². The summed E-state index contributed by atoms with van der Waals surface area (Å²) in [6.45, 7) is 12.4. The third kappa shape index (κ3) is 4.70. The lowest BCUT2D eigenvalue weighted by Gasteiger charge is -2.37. The van der Waals surface area contributed by atoms with Crippen molar-refractivity contribution in [2.24, 2.45) is 16.8 Å². The maximum atomic E-state index is 11.8. The van der Waals surface area contributed by atoms with Crippen molar-refractivity contribution in [2.75, 3.05) is 59.5 Å². The topological polar surface area (TPSA) is 57.2 Å². The zero-order valence-electron chi connectivity index (χ0n) is 15.2. The van der Waals surface area contributed by atoms with E-state index in [9.17, 15) is 4.79 Å². The average molecular weight is 346 g/mol. The van der Waals surface area contributed by atoms with E-state index in [0.717, 1.165) is 43.5 Å². The average Bonchev–Trinajstić information content (AvgIpc) is 2.84. The molecule has 0 aromatic rings. The fourth-order valence-corrected chi connectivity index (χ4v) is 3.83. The Morgan fingerprint density at radius 1 is 1.32 bits per heavy atom. The van der Waals surface area contributed by atoms with Crippen LogP contribution in [0.4, 0.5) is 0 Å². The van der Waals surface area contributed by atoms with Gasteiger partial charge in [0.1, 0.15) is 5.84 Å². The minimum atomic E-state index is -0.378. The van der Waals surface area contributed by atoms with Crippen LogP contribution in [-0.4, -0.2) is 81.1 Å². The molecule has 6 nitrogen and oxygen atoms in total. The normalized spacial score (nSPS) is 26.3. The van der Waals surface area contributed by atoms with E-state index in [1.165, 1.54) is 39.6 Å². The Balaban J connectivity index is 1.52. The number of aliphatic imine (C=N–C) groups is 1. The number of methoxy groups -OCH3 is 1. The second-order valence-electron chi connectivity index (χ2n) is 7.17. The highest BCUT2D eigenvalue weighted by molar-refractivity contribution is 5.95. The van der Waals surface area contributed by atoms with Crippen LogP contribution in [0.1, 0.15) is 12.8 Å². The molecule has 0 aromatic heterocycles. The molecule has 6 heteroatoms. The van der Waals surface area contributed by atoms with Crippen molar-refractivity contribution in [3.05, 3.63) is 24.3 Å². The molecule has 0 amide bonds. The van der Waals surface area contributed by atoms with Crippen LogP contribution in [0.5, 0.6) is 0 Å². The number of hydrogen-bond donors (Lipinski definition) is 1. The number of esters is 1. The predicted molar refractivity (Wildman–Crippen MR) is 99.7 cm³/mol. The van der Waals surface area contributed by atoms with Gasteiger partial charge in [-0.1, -0.05) is 12.7 Å². The van der Waals surface area contributed by atoms with E-state index >= 15 is 0 Å². The van der Waals surface area contributed by atoms with Crippen LogP contribution in [0.15, 0.2) is 29.3 Å². The number of nitrogens with zero attached hydrogens (tertiary/aromatic N) is 3. The first-order chi connectivity index (χ1) is 12.2. The second kappa shape index (κ2) is 8.63. The molecule has 0 aromatic carbocycles. The molecule has 3 rings (SSSR count). The van der Waals surface area contributed by atoms with E-state index in [-0.39, 0.29) is 11.9 Å². The summed E-state index contributed by atoms with van der Waals surface area (Å²) in [6.07, 6.45) is 6.26. The van der Waals surface area contributed by atoms with Crippen molar-refractivity contribution in [1.82, 2.24) is 15.1 Å². The molecule has 1 N–H and O–H groups in total. The quantitative estimate of drug-likeness (QED) is 0.608. The van der Waals surface area contributed by atoms with Crippen molar-refractivity contribution < 1.29 is 9.53 Å². The molecule has 0 bridgehead atoms. The van der Waals surface area contributed by atoms with Crippen LogP contribution in [0.25, 0.3) is 0 Å². The molecule has 0 aliphatic carbocycles. The second-order valence-corrected chi connectivity index (χ2v) is 7.17. The molecule has 25 heavy (non-hydrogen) atoms. The van der Waals surface area contributed by atoms with E-state index < -0.39 is 0 Å². The van der Waals surface area contributed by atoms with Gasteiger partial charge >= 0.3 is 5.97 Å². The molecule has 1 atom stereocenters. The third-order valence-corrected chi connectivity index (χ3v) is 5.44. The first-order valence-electron chi connectivity index (χ1n) is 9.33. The molecule has 0 radical (unpaired) electrons. The standard InChI is InChI=1S/C19H30N4O2/c1-15-13-21-18(4-3-17(15)19(24)25-2)23-9-5-16(6-10-23)14-22-11-7-20-8-12-22/h3-4,16-17,20H,1,5-14H2,2H3. The van der Waals surface area contributed by atoms with Crippen LogP contribution < -0.4 is 5.32 Å². The summed E-state index contributed by atoms with van der Waals surface area (Å²) >= 11 is 0. The molecule has 0 spiro atoms. The molecule has 138 valence electrons. The number of rotatable bonds is 3. The van der Waals surface area contributed by atoms with E-state index in [1.54, 1.807) is 0 Å². The highest BCUT2D eigenvalue weighted by atomic mass is 16.5. The van der Waals surface area contributed by atoms with Crippen molar-refractivity contribution in [3.8, 4) is 0 Å². The van der Waals surface area contributed by atoms with E-state index in [1.807, 2.05) is 12.2 Å². The first kappa shape index (κ1) is 18.1. The summed E-state index contributed by atoms with van der Waals surface area (Å²) in [5.41, 5.74) is 0.798. The third-order valence-electron chi connectivity index (χ3n) is 5.44. The highest BCUT2D eigenvalue weighted by Gasteiger charge is 2.26. The maximum absolute atomic E-state index is 11.8.